The molecule has 2 saturated heterocycles. The van der Waals surface area contributed by atoms with Crippen LogP contribution in [0.1, 0.15) is 56.2 Å². The molecule has 208 valence electrons. The highest BCUT2D eigenvalue weighted by molar-refractivity contribution is 7.80. The van der Waals surface area contributed by atoms with Crippen molar-refractivity contribution in [3.63, 3.8) is 0 Å². The molecule has 2 aliphatic rings. The molecule has 7 N–H and O–H groups in total. The molecule has 2 fully saturated rings. The van der Waals surface area contributed by atoms with E-state index in [1.807, 2.05) is 67.6 Å². The summed E-state index contributed by atoms with van der Waals surface area (Å²) in [6, 6.07) is 16.9. The van der Waals surface area contributed by atoms with E-state index in [2.05, 4.69) is 16.0 Å². The minimum Gasteiger partial charge on any atom is -0.376 e. The van der Waals surface area contributed by atoms with Gasteiger partial charge in [-0.2, -0.15) is 0 Å². The fraction of sp³-hybridized carbons (Fsp3) is 0.448. The zero-order chi connectivity index (χ0) is 27.9. The highest BCUT2D eigenvalue weighted by Gasteiger charge is 2.47. The van der Waals surface area contributed by atoms with Crippen molar-refractivity contribution >= 4 is 35.1 Å². The second-order valence-corrected chi connectivity index (χ2v) is 10.8. The summed E-state index contributed by atoms with van der Waals surface area (Å²) in [5.74, 6) is -1.11. The van der Waals surface area contributed by atoms with Crippen molar-refractivity contribution in [2.75, 3.05) is 6.54 Å². The Morgan fingerprint density at radius 1 is 1.00 bits per heavy atom. The van der Waals surface area contributed by atoms with E-state index in [9.17, 15) is 14.4 Å². The summed E-state index contributed by atoms with van der Waals surface area (Å²) in [4.78, 5) is 42.4. The monoisotopic (exact) mass is 550 g/mol. The SMILES string of the molecule is CC[C@H](N)C(=O)N[C@@H]1C(=O)N2[C@@H](CC[C@@H]1CNC(N)=S)CC[C@H]2C(=O)NC(c1ccccc1)c1ccccc1. The summed E-state index contributed by atoms with van der Waals surface area (Å²) < 4.78 is 0. The van der Waals surface area contributed by atoms with Gasteiger partial charge in [0.25, 0.3) is 0 Å². The number of fused-ring (bicyclic) bond motifs is 1. The number of hydrogen-bond donors (Lipinski definition) is 5. The first kappa shape index (κ1) is 28.5. The van der Waals surface area contributed by atoms with Crippen molar-refractivity contribution in [1.29, 1.82) is 0 Å². The number of nitrogens with one attached hydrogen (secondary N) is 3. The molecule has 0 spiro atoms. The van der Waals surface area contributed by atoms with Crippen molar-refractivity contribution in [3.05, 3.63) is 71.8 Å². The Bertz CT molecular complexity index is 1120. The molecule has 2 aliphatic heterocycles. The maximum absolute atomic E-state index is 14.1. The van der Waals surface area contributed by atoms with Gasteiger partial charge in [0.1, 0.15) is 12.1 Å². The number of hydrogen-bond acceptors (Lipinski definition) is 5. The van der Waals surface area contributed by atoms with Gasteiger partial charge in [-0.15, -0.1) is 0 Å². The lowest BCUT2D eigenvalue weighted by atomic mass is 9.92. The Morgan fingerprint density at radius 3 is 2.15 bits per heavy atom. The Labute approximate surface area is 235 Å². The van der Waals surface area contributed by atoms with Gasteiger partial charge in [-0.1, -0.05) is 67.6 Å². The van der Waals surface area contributed by atoms with Crippen molar-refractivity contribution < 1.29 is 14.4 Å². The van der Waals surface area contributed by atoms with Crippen LogP contribution in [0.2, 0.25) is 0 Å². The van der Waals surface area contributed by atoms with Gasteiger partial charge in [-0.25, -0.2) is 0 Å². The topological polar surface area (TPSA) is 143 Å². The largest absolute Gasteiger partial charge is 0.376 e. The molecule has 2 aromatic carbocycles. The minimum absolute atomic E-state index is 0.0887. The molecule has 0 radical (unpaired) electrons. The Balaban J connectivity index is 1.59. The van der Waals surface area contributed by atoms with Gasteiger partial charge in [0.05, 0.1) is 12.1 Å². The molecule has 2 heterocycles. The number of benzene rings is 2. The summed E-state index contributed by atoms with van der Waals surface area (Å²) in [6.07, 6.45) is 3.10. The summed E-state index contributed by atoms with van der Waals surface area (Å²) in [6.45, 7) is 2.16. The number of thiocarbonyl (C=S) groups is 1. The highest BCUT2D eigenvalue weighted by Crippen LogP contribution is 2.34. The average Bonchev–Trinajstić information content (AvgIpc) is 3.33. The molecule has 4 rings (SSSR count). The van der Waals surface area contributed by atoms with Gasteiger partial charge in [0, 0.05) is 18.5 Å². The van der Waals surface area contributed by atoms with Gasteiger partial charge in [-0.05, 0) is 55.4 Å². The molecule has 0 aliphatic carbocycles. The first-order chi connectivity index (χ1) is 18.8. The summed E-state index contributed by atoms with van der Waals surface area (Å²) in [5, 5.41) is 9.18. The number of rotatable bonds is 9. The molecule has 0 saturated carbocycles. The van der Waals surface area contributed by atoms with Crippen molar-refractivity contribution in [2.24, 2.45) is 17.4 Å². The van der Waals surface area contributed by atoms with E-state index in [-0.39, 0.29) is 40.8 Å². The van der Waals surface area contributed by atoms with Gasteiger partial charge in [0.2, 0.25) is 17.7 Å². The number of nitrogens with two attached hydrogens (primary N) is 2. The molecule has 0 bridgehead atoms. The Hall–Kier alpha value is -3.50. The van der Waals surface area contributed by atoms with Crippen LogP contribution >= 0.6 is 12.2 Å². The maximum atomic E-state index is 14.1. The normalized spacial score (nSPS) is 23.5. The van der Waals surface area contributed by atoms with Gasteiger partial charge < -0.3 is 32.3 Å². The second kappa shape index (κ2) is 13.0. The van der Waals surface area contributed by atoms with Crippen LogP contribution < -0.4 is 27.4 Å². The molecule has 2 aromatic rings. The first-order valence-corrected chi connectivity index (χ1v) is 14.0. The molecule has 0 unspecified atom stereocenters. The summed E-state index contributed by atoms with van der Waals surface area (Å²) in [5.41, 5.74) is 13.5. The quantitative estimate of drug-likeness (QED) is 0.299. The van der Waals surface area contributed by atoms with Crippen LogP contribution in [0.3, 0.4) is 0 Å². The van der Waals surface area contributed by atoms with E-state index < -0.39 is 18.1 Å². The molecule has 3 amide bonds. The molecule has 10 heteroatoms. The fourth-order valence-corrected chi connectivity index (χ4v) is 5.74. The smallest absolute Gasteiger partial charge is 0.246 e. The van der Waals surface area contributed by atoms with Crippen LogP contribution in [0.5, 0.6) is 0 Å². The van der Waals surface area contributed by atoms with Gasteiger partial charge >= 0.3 is 0 Å². The summed E-state index contributed by atoms with van der Waals surface area (Å²) in [7, 11) is 0. The standard InChI is InChI=1S/C29H38N6O3S/c1-2-22(30)26(36)34-25-20(17-32-29(31)39)13-14-21-15-16-23(35(21)28(25)38)27(37)33-24(18-9-5-3-6-10-18)19-11-7-4-8-12-19/h3-12,20-25H,2,13-17,30H2,1H3,(H,33,37)(H,34,36)(H3,31,32,39)/t20-,21+,22+,23+,25+/m1/s1. The third-order valence-corrected chi connectivity index (χ3v) is 7.98. The van der Waals surface area contributed by atoms with Crippen LogP contribution in [-0.4, -0.2) is 58.4 Å². The van der Waals surface area contributed by atoms with Crippen LogP contribution in [0.15, 0.2) is 60.7 Å². The van der Waals surface area contributed by atoms with E-state index in [1.54, 1.807) is 4.90 Å². The average molecular weight is 551 g/mol. The highest BCUT2D eigenvalue weighted by atomic mass is 32.1. The van der Waals surface area contributed by atoms with E-state index in [4.69, 9.17) is 23.7 Å². The molecule has 39 heavy (non-hydrogen) atoms. The van der Waals surface area contributed by atoms with Crippen molar-refractivity contribution in [2.45, 2.75) is 69.2 Å². The first-order valence-electron chi connectivity index (χ1n) is 13.6. The predicted octanol–water partition coefficient (Wildman–Crippen LogP) is 1.72. The fourth-order valence-electron chi connectivity index (χ4n) is 5.66. The van der Waals surface area contributed by atoms with Crippen LogP contribution in [0.25, 0.3) is 0 Å². The lowest BCUT2D eigenvalue weighted by molar-refractivity contribution is -0.143. The predicted molar refractivity (Wildman–Crippen MR) is 154 cm³/mol. The van der Waals surface area contributed by atoms with Crippen molar-refractivity contribution in [3.8, 4) is 0 Å². The van der Waals surface area contributed by atoms with Crippen molar-refractivity contribution in [1.82, 2.24) is 20.9 Å². The van der Waals surface area contributed by atoms with Gasteiger partial charge in [-0.3, -0.25) is 14.4 Å². The van der Waals surface area contributed by atoms with E-state index in [0.29, 0.717) is 32.2 Å². The van der Waals surface area contributed by atoms with Crippen LogP contribution in [-0.2, 0) is 14.4 Å². The van der Waals surface area contributed by atoms with Gasteiger partial charge in [0.15, 0.2) is 5.11 Å². The molecular weight excluding hydrogens is 512 g/mol. The third-order valence-electron chi connectivity index (χ3n) is 7.83. The number of amides is 3. The number of carbonyl (C=O) groups is 3. The third kappa shape index (κ3) is 6.75. The zero-order valence-electron chi connectivity index (χ0n) is 22.2. The molecular formula is C29H38N6O3S. The van der Waals surface area contributed by atoms with Crippen LogP contribution in [0, 0.1) is 5.92 Å². The zero-order valence-corrected chi connectivity index (χ0v) is 23.0. The molecule has 9 nitrogen and oxygen atoms in total. The molecule has 5 atom stereocenters. The minimum atomic E-state index is -0.839. The summed E-state index contributed by atoms with van der Waals surface area (Å²) >= 11 is 4.98. The van der Waals surface area contributed by atoms with E-state index in [1.165, 1.54) is 0 Å². The Kier molecular flexibility index (Phi) is 9.53. The van der Waals surface area contributed by atoms with E-state index >= 15 is 0 Å². The second-order valence-electron chi connectivity index (χ2n) is 10.3. The maximum Gasteiger partial charge on any atom is 0.246 e. The lowest BCUT2D eigenvalue weighted by Crippen LogP contribution is -2.59. The number of carbonyl (C=O) groups excluding carboxylic acids is 3. The van der Waals surface area contributed by atoms with E-state index in [0.717, 1.165) is 17.5 Å². The Morgan fingerprint density at radius 2 is 1.59 bits per heavy atom. The lowest BCUT2D eigenvalue weighted by Gasteiger charge is -2.33. The number of nitrogens with zero attached hydrogens (tertiary/aromatic N) is 1. The van der Waals surface area contributed by atoms with Crippen LogP contribution in [0.4, 0.5) is 0 Å². The molecule has 0 aromatic heterocycles.